The number of carbonyl (C=O) groups excluding carboxylic acids is 1. The molecule has 1 aromatic rings. The smallest absolute Gasteiger partial charge is 0.180 e. The molecule has 0 aliphatic heterocycles. The van der Waals surface area contributed by atoms with Gasteiger partial charge in [-0.05, 0) is 31.4 Å². The molecule has 0 unspecified atom stereocenters. The average Bonchev–Trinajstić information content (AvgIpc) is 2.23. The van der Waals surface area contributed by atoms with Gasteiger partial charge in [-0.25, -0.2) is 4.98 Å². The first-order valence-electron chi connectivity index (χ1n) is 5.45. The van der Waals surface area contributed by atoms with Gasteiger partial charge in [-0.1, -0.05) is 6.92 Å². The van der Waals surface area contributed by atoms with Crippen molar-refractivity contribution in [2.75, 3.05) is 0 Å². The number of hydrogen-bond donors (Lipinski definition) is 0. The highest BCUT2D eigenvalue weighted by Gasteiger charge is 2.19. The van der Waals surface area contributed by atoms with Crippen LogP contribution < -0.4 is 4.74 Å². The normalized spacial score (nSPS) is 15.8. The quantitative estimate of drug-likeness (QED) is 0.709. The van der Waals surface area contributed by atoms with E-state index in [0.717, 1.165) is 18.6 Å². The summed E-state index contributed by atoms with van der Waals surface area (Å²) in [6, 6.07) is 3.56. The third-order valence-corrected chi connectivity index (χ3v) is 2.70. The highest BCUT2D eigenvalue weighted by molar-refractivity contribution is 5.93. The Hall–Kier alpha value is -1.38. The van der Waals surface area contributed by atoms with Gasteiger partial charge in [-0.2, -0.15) is 0 Å². The van der Waals surface area contributed by atoms with E-state index in [0.29, 0.717) is 18.2 Å². The van der Waals surface area contributed by atoms with E-state index in [1.807, 2.05) is 13.0 Å². The zero-order valence-corrected chi connectivity index (χ0v) is 8.90. The molecule has 1 aromatic heterocycles. The predicted molar refractivity (Wildman–Crippen MR) is 57.1 cm³/mol. The van der Waals surface area contributed by atoms with Gasteiger partial charge < -0.3 is 4.74 Å². The molecule has 0 N–H and O–H groups in total. The van der Waals surface area contributed by atoms with Crippen LogP contribution in [-0.4, -0.2) is 16.9 Å². The van der Waals surface area contributed by atoms with E-state index in [1.165, 1.54) is 6.42 Å². The standard InChI is InChI=1S/C12H15NO2/c1-2-12(14)11-7-6-10(8-13-11)15-9-4-3-5-9/h6-9H,2-5H2,1H3. The fourth-order valence-electron chi connectivity index (χ4n) is 1.48. The van der Waals surface area contributed by atoms with Gasteiger partial charge in [0.25, 0.3) is 0 Å². The molecule has 3 heteroatoms. The van der Waals surface area contributed by atoms with Crippen molar-refractivity contribution in [1.82, 2.24) is 4.98 Å². The summed E-state index contributed by atoms with van der Waals surface area (Å²) in [6.45, 7) is 1.84. The van der Waals surface area contributed by atoms with E-state index in [4.69, 9.17) is 4.74 Å². The Labute approximate surface area is 89.5 Å². The fraction of sp³-hybridized carbons (Fsp3) is 0.500. The Morgan fingerprint density at radius 3 is 2.80 bits per heavy atom. The van der Waals surface area contributed by atoms with E-state index in [-0.39, 0.29) is 5.78 Å². The Kier molecular flexibility index (Phi) is 2.99. The Morgan fingerprint density at radius 2 is 2.33 bits per heavy atom. The number of hydrogen-bond acceptors (Lipinski definition) is 3. The highest BCUT2D eigenvalue weighted by atomic mass is 16.5. The average molecular weight is 205 g/mol. The Bertz CT molecular complexity index is 341. The third-order valence-electron chi connectivity index (χ3n) is 2.70. The van der Waals surface area contributed by atoms with Gasteiger partial charge >= 0.3 is 0 Å². The van der Waals surface area contributed by atoms with E-state index < -0.39 is 0 Å². The first-order valence-corrected chi connectivity index (χ1v) is 5.45. The van der Waals surface area contributed by atoms with Gasteiger partial charge in [0, 0.05) is 6.42 Å². The van der Waals surface area contributed by atoms with Crippen LogP contribution >= 0.6 is 0 Å². The van der Waals surface area contributed by atoms with Gasteiger partial charge in [-0.15, -0.1) is 0 Å². The minimum absolute atomic E-state index is 0.0743. The summed E-state index contributed by atoms with van der Waals surface area (Å²) >= 11 is 0. The molecule has 1 saturated carbocycles. The molecule has 80 valence electrons. The molecule has 2 rings (SSSR count). The number of Topliss-reactive ketones (excluding diaryl/α,β-unsaturated/α-hetero) is 1. The van der Waals surface area contributed by atoms with Crippen LogP contribution in [0.25, 0.3) is 0 Å². The third kappa shape index (κ3) is 2.35. The molecule has 3 nitrogen and oxygen atoms in total. The maximum atomic E-state index is 11.3. The lowest BCUT2D eigenvalue weighted by atomic mass is 9.96. The van der Waals surface area contributed by atoms with Crippen LogP contribution in [0.2, 0.25) is 0 Å². The van der Waals surface area contributed by atoms with Gasteiger partial charge in [-0.3, -0.25) is 4.79 Å². The van der Waals surface area contributed by atoms with Crippen molar-refractivity contribution in [3.05, 3.63) is 24.0 Å². The van der Waals surface area contributed by atoms with Crippen molar-refractivity contribution in [2.45, 2.75) is 38.7 Å². The van der Waals surface area contributed by atoms with E-state index in [9.17, 15) is 4.79 Å². The van der Waals surface area contributed by atoms with Crippen LogP contribution in [0.3, 0.4) is 0 Å². The van der Waals surface area contributed by atoms with Gasteiger partial charge in [0.2, 0.25) is 0 Å². The predicted octanol–water partition coefficient (Wildman–Crippen LogP) is 2.61. The molecule has 1 aliphatic rings. The summed E-state index contributed by atoms with van der Waals surface area (Å²) in [5.74, 6) is 0.845. The zero-order chi connectivity index (χ0) is 10.7. The molecule has 15 heavy (non-hydrogen) atoms. The second kappa shape index (κ2) is 4.43. The van der Waals surface area contributed by atoms with Gasteiger partial charge in [0.1, 0.15) is 11.4 Å². The SMILES string of the molecule is CCC(=O)c1ccc(OC2CCC2)cn1. The first-order chi connectivity index (χ1) is 7.29. The van der Waals surface area contributed by atoms with Crippen LogP contribution in [0, 0.1) is 0 Å². The van der Waals surface area contributed by atoms with Crippen LogP contribution in [-0.2, 0) is 0 Å². The largest absolute Gasteiger partial charge is 0.489 e. The van der Waals surface area contributed by atoms with E-state index in [2.05, 4.69) is 4.98 Å². The van der Waals surface area contributed by atoms with Crippen LogP contribution in [0.1, 0.15) is 43.1 Å². The minimum atomic E-state index is 0.0743. The summed E-state index contributed by atoms with van der Waals surface area (Å²) in [7, 11) is 0. The van der Waals surface area contributed by atoms with Crippen LogP contribution in [0.4, 0.5) is 0 Å². The number of pyridine rings is 1. The number of aromatic nitrogens is 1. The Morgan fingerprint density at radius 1 is 1.53 bits per heavy atom. The fourth-order valence-corrected chi connectivity index (χ4v) is 1.48. The molecule has 0 aromatic carbocycles. The van der Waals surface area contributed by atoms with Crippen molar-refractivity contribution < 1.29 is 9.53 Å². The summed E-state index contributed by atoms with van der Waals surface area (Å²) in [5.41, 5.74) is 0.526. The molecular formula is C12H15NO2. The summed E-state index contributed by atoms with van der Waals surface area (Å²) in [6.07, 6.45) is 6.02. The van der Waals surface area contributed by atoms with E-state index >= 15 is 0 Å². The molecule has 1 heterocycles. The molecule has 0 saturated heterocycles. The lowest BCUT2D eigenvalue weighted by Crippen LogP contribution is -2.24. The van der Waals surface area contributed by atoms with E-state index in [1.54, 1.807) is 12.3 Å². The van der Waals surface area contributed by atoms with Crippen molar-refractivity contribution in [2.24, 2.45) is 0 Å². The number of ether oxygens (including phenoxy) is 1. The zero-order valence-electron chi connectivity index (χ0n) is 8.90. The topological polar surface area (TPSA) is 39.2 Å². The number of rotatable bonds is 4. The summed E-state index contributed by atoms with van der Waals surface area (Å²) in [4.78, 5) is 15.4. The molecule has 0 spiro atoms. The number of ketones is 1. The van der Waals surface area contributed by atoms with Gasteiger partial charge in [0.15, 0.2) is 5.78 Å². The summed E-state index contributed by atoms with van der Waals surface area (Å²) < 4.78 is 5.64. The molecule has 0 atom stereocenters. The number of carbonyl (C=O) groups is 1. The summed E-state index contributed by atoms with van der Waals surface area (Å²) in [5, 5.41) is 0. The van der Waals surface area contributed by atoms with Crippen molar-refractivity contribution in [1.29, 1.82) is 0 Å². The molecule has 0 bridgehead atoms. The number of nitrogens with zero attached hydrogens (tertiary/aromatic N) is 1. The maximum absolute atomic E-state index is 11.3. The second-order valence-electron chi connectivity index (χ2n) is 3.83. The van der Waals surface area contributed by atoms with Crippen molar-refractivity contribution in [3.8, 4) is 5.75 Å². The Balaban J connectivity index is 1.99. The van der Waals surface area contributed by atoms with Crippen LogP contribution in [0.15, 0.2) is 18.3 Å². The second-order valence-corrected chi connectivity index (χ2v) is 3.83. The molecular weight excluding hydrogens is 190 g/mol. The molecule has 0 radical (unpaired) electrons. The molecule has 1 fully saturated rings. The minimum Gasteiger partial charge on any atom is -0.489 e. The lowest BCUT2D eigenvalue weighted by molar-refractivity contribution is 0.0982. The molecule has 0 amide bonds. The van der Waals surface area contributed by atoms with Gasteiger partial charge in [0.05, 0.1) is 12.3 Å². The lowest BCUT2D eigenvalue weighted by Gasteiger charge is -2.26. The van der Waals surface area contributed by atoms with Crippen molar-refractivity contribution >= 4 is 5.78 Å². The highest BCUT2D eigenvalue weighted by Crippen LogP contribution is 2.24. The monoisotopic (exact) mass is 205 g/mol. The maximum Gasteiger partial charge on any atom is 0.180 e. The molecule has 1 aliphatic carbocycles. The first kappa shape index (κ1) is 10.1. The van der Waals surface area contributed by atoms with Crippen molar-refractivity contribution in [3.63, 3.8) is 0 Å². The van der Waals surface area contributed by atoms with Crippen LogP contribution in [0.5, 0.6) is 5.75 Å².